The van der Waals surface area contributed by atoms with Crippen LogP contribution in [0.3, 0.4) is 0 Å². The minimum Gasteiger partial charge on any atom is -0.490 e. The van der Waals surface area contributed by atoms with Crippen LogP contribution in [0.4, 0.5) is 0 Å². The largest absolute Gasteiger partial charge is 0.490 e. The number of hydrogen-bond donors (Lipinski definition) is 2. The molecule has 0 unspecified atom stereocenters. The lowest BCUT2D eigenvalue weighted by Crippen LogP contribution is -2.50. The number of hydrogen-bond acceptors (Lipinski definition) is 3. The van der Waals surface area contributed by atoms with Gasteiger partial charge in [0.05, 0.1) is 11.6 Å². The van der Waals surface area contributed by atoms with Crippen LogP contribution in [0, 0.1) is 0 Å². The molecule has 1 amide bonds. The Morgan fingerprint density at radius 1 is 1.24 bits per heavy atom. The Hall–Kier alpha value is -1.55. The van der Waals surface area contributed by atoms with Crippen LogP contribution in [0.15, 0.2) is 24.3 Å². The number of primary amides is 1. The highest BCUT2D eigenvalue weighted by molar-refractivity contribution is 5.83. The van der Waals surface area contributed by atoms with Gasteiger partial charge in [-0.3, -0.25) is 10.1 Å². The summed E-state index contributed by atoms with van der Waals surface area (Å²) in [5.74, 6) is 0.583. The first-order valence-electron chi connectivity index (χ1n) is 7.78. The number of nitrogens with one attached hydrogen (secondary N) is 1. The van der Waals surface area contributed by atoms with Crippen LogP contribution >= 0.6 is 0 Å². The van der Waals surface area contributed by atoms with Gasteiger partial charge < -0.3 is 10.5 Å². The molecule has 116 valence electrons. The Bertz CT molecular complexity index is 462. The Kier molecular flexibility index (Phi) is 5.23. The van der Waals surface area contributed by atoms with Gasteiger partial charge in [-0.25, -0.2) is 0 Å². The number of benzene rings is 1. The molecule has 0 atom stereocenters. The van der Waals surface area contributed by atoms with Crippen molar-refractivity contribution < 1.29 is 9.53 Å². The van der Waals surface area contributed by atoms with Gasteiger partial charge in [-0.05, 0) is 57.2 Å². The van der Waals surface area contributed by atoms with E-state index in [-0.39, 0.29) is 5.91 Å². The summed E-state index contributed by atoms with van der Waals surface area (Å²) in [6.07, 6.45) is 6.58. The second kappa shape index (κ2) is 6.94. The maximum atomic E-state index is 11.3. The van der Waals surface area contributed by atoms with E-state index < -0.39 is 5.54 Å². The van der Waals surface area contributed by atoms with Crippen LogP contribution in [-0.4, -0.2) is 17.6 Å². The quantitative estimate of drug-likeness (QED) is 0.846. The van der Waals surface area contributed by atoms with Gasteiger partial charge in [0.15, 0.2) is 0 Å². The fourth-order valence-corrected chi connectivity index (χ4v) is 2.47. The topological polar surface area (TPSA) is 64.3 Å². The molecule has 1 saturated carbocycles. The maximum absolute atomic E-state index is 11.3. The normalized spacial score (nSPS) is 16.7. The van der Waals surface area contributed by atoms with Gasteiger partial charge >= 0.3 is 0 Å². The van der Waals surface area contributed by atoms with Gasteiger partial charge in [-0.15, -0.1) is 0 Å². The molecule has 4 nitrogen and oxygen atoms in total. The predicted molar refractivity (Wildman–Crippen MR) is 84.1 cm³/mol. The molecule has 21 heavy (non-hydrogen) atoms. The second-order valence-electron chi connectivity index (χ2n) is 6.36. The van der Waals surface area contributed by atoms with Crippen molar-refractivity contribution in [3.05, 3.63) is 29.8 Å². The van der Waals surface area contributed by atoms with Crippen LogP contribution in [0.25, 0.3) is 0 Å². The molecule has 3 N–H and O–H groups in total. The van der Waals surface area contributed by atoms with Crippen molar-refractivity contribution >= 4 is 5.91 Å². The van der Waals surface area contributed by atoms with Gasteiger partial charge in [-0.1, -0.05) is 18.6 Å². The van der Waals surface area contributed by atoms with E-state index in [1.807, 2.05) is 24.3 Å². The number of rotatable bonds is 6. The fraction of sp³-hybridized carbons (Fsp3) is 0.588. The molecular weight excluding hydrogens is 264 g/mol. The third-order valence-electron chi connectivity index (χ3n) is 4.13. The average Bonchev–Trinajstić information content (AvgIpc) is 2.47. The average molecular weight is 290 g/mol. The summed E-state index contributed by atoms with van der Waals surface area (Å²) in [7, 11) is 0. The molecule has 4 heteroatoms. The lowest BCUT2D eigenvalue weighted by molar-refractivity contribution is -0.123. The first-order valence-corrected chi connectivity index (χ1v) is 7.78. The number of nitrogens with two attached hydrogens (primary N) is 1. The zero-order valence-electron chi connectivity index (χ0n) is 13.0. The van der Waals surface area contributed by atoms with Gasteiger partial charge in [0.1, 0.15) is 5.75 Å². The highest BCUT2D eigenvalue weighted by Gasteiger charge is 2.23. The summed E-state index contributed by atoms with van der Waals surface area (Å²) < 4.78 is 6.00. The third kappa shape index (κ3) is 4.74. The molecule has 1 aliphatic carbocycles. The molecule has 0 aliphatic heterocycles. The zero-order chi connectivity index (χ0) is 15.3. The number of amides is 1. The second-order valence-corrected chi connectivity index (χ2v) is 6.36. The summed E-state index contributed by atoms with van der Waals surface area (Å²) in [4.78, 5) is 11.3. The standard InChI is InChI=1S/C17H26N2O2/c1-17(2,16(18)20)19-12-13-8-10-15(11-9-13)21-14-6-4-3-5-7-14/h8-11,14,19H,3-7,12H2,1-2H3,(H2,18,20). The minimum absolute atomic E-state index is 0.347. The van der Waals surface area contributed by atoms with E-state index >= 15 is 0 Å². The van der Waals surface area contributed by atoms with Crippen LogP contribution in [-0.2, 0) is 11.3 Å². The molecule has 1 aromatic rings. The van der Waals surface area contributed by atoms with Gasteiger partial charge in [0.2, 0.25) is 5.91 Å². The van der Waals surface area contributed by atoms with Crippen LogP contribution in [0.1, 0.15) is 51.5 Å². The van der Waals surface area contributed by atoms with E-state index in [9.17, 15) is 4.79 Å². The van der Waals surface area contributed by atoms with E-state index in [1.165, 1.54) is 19.3 Å². The summed E-state index contributed by atoms with van der Waals surface area (Å²) >= 11 is 0. The molecular formula is C17H26N2O2. The Balaban J connectivity index is 1.85. The van der Waals surface area contributed by atoms with E-state index in [2.05, 4.69) is 5.32 Å². The van der Waals surface area contributed by atoms with Crippen molar-refractivity contribution in [3.8, 4) is 5.75 Å². The van der Waals surface area contributed by atoms with Crippen molar-refractivity contribution in [1.29, 1.82) is 0 Å². The Labute approximate surface area is 127 Å². The SMILES string of the molecule is CC(C)(NCc1ccc(OC2CCCCC2)cc1)C(N)=O. The molecule has 1 fully saturated rings. The highest BCUT2D eigenvalue weighted by Crippen LogP contribution is 2.23. The molecule has 0 spiro atoms. The van der Waals surface area contributed by atoms with Gasteiger partial charge in [0.25, 0.3) is 0 Å². The number of carbonyl (C=O) groups excluding carboxylic acids is 1. The smallest absolute Gasteiger partial charge is 0.237 e. The Morgan fingerprint density at radius 2 is 1.86 bits per heavy atom. The van der Waals surface area contributed by atoms with Gasteiger partial charge in [-0.2, -0.15) is 0 Å². The molecule has 0 bridgehead atoms. The lowest BCUT2D eigenvalue weighted by atomic mass is 9.98. The lowest BCUT2D eigenvalue weighted by Gasteiger charge is -2.24. The molecule has 0 radical (unpaired) electrons. The van der Waals surface area contributed by atoms with Crippen LogP contribution in [0.2, 0.25) is 0 Å². The van der Waals surface area contributed by atoms with E-state index in [4.69, 9.17) is 10.5 Å². The molecule has 0 heterocycles. The monoisotopic (exact) mass is 290 g/mol. The van der Waals surface area contributed by atoms with Crippen molar-refractivity contribution in [2.24, 2.45) is 5.73 Å². The highest BCUT2D eigenvalue weighted by atomic mass is 16.5. The zero-order valence-corrected chi connectivity index (χ0v) is 13.0. The van der Waals surface area contributed by atoms with Gasteiger partial charge in [0, 0.05) is 6.54 Å². The fourth-order valence-electron chi connectivity index (χ4n) is 2.47. The predicted octanol–water partition coefficient (Wildman–Crippen LogP) is 2.75. The van der Waals surface area contributed by atoms with Crippen LogP contribution < -0.4 is 15.8 Å². The summed E-state index contributed by atoms with van der Waals surface area (Å²) in [6.45, 7) is 4.19. The number of carbonyl (C=O) groups is 1. The van der Waals surface area contributed by atoms with Crippen molar-refractivity contribution in [1.82, 2.24) is 5.32 Å². The summed E-state index contributed by atoms with van der Waals surface area (Å²) in [5, 5.41) is 3.16. The van der Waals surface area contributed by atoms with Crippen molar-refractivity contribution in [3.63, 3.8) is 0 Å². The van der Waals surface area contributed by atoms with E-state index in [1.54, 1.807) is 13.8 Å². The molecule has 0 saturated heterocycles. The van der Waals surface area contributed by atoms with E-state index in [0.717, 1.165) is 24.2 Å². The Morgan fingerprint density at radius 3 is 2.43 bits per heavy atom. The van der Waals surface area contributed by atoms with Crippen LogP contribution in [0.5, 0.6) is 5.75 Å². The molecule has 1 aliphatic rings. The van der Waals surface area contributed by atoms with Crippen molar-refractivity contribution in [2.75, 3.05) is 0 Å². The van der Waals surface area contributed by atoms with Crippen molar-refractivity contribution in [2.45, 2.75) is 64.1 Å². The summed E-state index contributed by atoms with van der Waals surface area (Å²) in [5.41, 5.74) is 5.76. The molecule has 2 rings (SSSR count). The van der Waals surface area contributed by atoms with E-state index in [0.29, 0.717) is 12.6 Å². The first-order chi connectivity index (χ1) is 9.97. The minimum atomic E-state index is -0.697. The maximum Gasteiger partial charge on any atom is 0.237 e. The summed E-state index contributed by atoms with van der Waals surface area (Å²) in [6, 6.07) is 8.07. The molecule has 1 aromatic carbocycles. The third-order valence-corrected chi connectivity index (χ3v) is 4.13. The first kappa shape index (κ1) is 15.8. The number of ether oxygens (including phenoxy) is 1. The molecule has 0 aromatic heterocycles.